The number of hydrogen-bond donors (Lipinski definition) is 0. The predicted octanol–water partition coefficient (Wildman–Crippen LogP) is 8.13. The molecule has 0 radical (unpaired) electrons. The zero-order valence-corrected chi connectivity index (χ0v) is 32.9. The van der Waals surface area contributed by atoms with Crippen LogP contribution in [0.4, 0.5) is 34.0 Å². The molecule has 2 bridgehead atoms. The predicted molar refractivity (Wildman–Crippen MR) is 208 cm³/mol. The molecule has 16 heteroatoms. The van der Waals surface area contributed by atoms with E-state index in [9.17, 15) is 4.79 Å². The van der Waals surface area contributed by atoms with Crippen LogP contribution in [0.15, 0.2) is 60.9 Å². The average Bonchev–Trinajstić information content (AvgIpc) is 3.42. The van der Waals surface area contributed by atoms with Gasteiger partial charge >= 0.3 is 12.3 Å². The van der Waals surface area contributed by atoms with Crippen molar-refractivity contribution < 1.29 is 41.3 Å². The maximum absolute atomic E-state index is 17.1. The lowest BCUT2D eigenvalue weighted by atomic mass is 10.0. The maximum Gasteiger partial charge on any atom is 0.418 e. The number of piperazine rings is 1. The molecule has 6 heterocycles. The third-order valence-electron chi connectivity index (χ3n) is 10.8. The van der Waals surface area contributed by atoms with E-state index in [1.807, 2.05) is 34.1 Å². The van der Waals surface area contributed by atoms with Crippen LogP contribution in [0.1, 0.15) is 55.9 Å². The van der Waals surface area contributed by atoms with Crippen molar-refractivity contribution in [2.75, 3.05) is 37.2 Å². The normalized spacial score (nSPS) is 18.7. The van der Waals surface area contributed by atoms with Gasteiger partial charge in [0.25, 0.3) is 0 Å². The van der Waals surface area contributed by atoms with E-state index in [2.05, 4.69) is 19.9 Å². The van der Waals surface area contributed by atoms with E-state index < -0.39 is 46.7 Å². The number of alkyl halides is 3. The maximum atomic E-state index is 17.1. The number of carbonyl (C=O) groups is 1. The van der Waals surface area contributed by atoms with Crippen LogP contribution in [0.25, 0.3) is 22.3 Å². The molecule has 0 aliphatic carbocycles. The second-order valence-electron chi connectivity index (χ2n) is 15.8. The average molecular weight is 802 g/mol. The largest absolute Gasteiger partial charge is 0.497 e. The Morgan fingerprint density at radius 2 is 1.53 bits per heavy atom. The molecular formula is C42H43F4N7O5. The van der Waals surface area contributed by atoms with Gasteiger partial charge in [0.15, 0.2) is 5.82 Å². The molecule has 0 spiro atoms. The molecule has 2 saturated heterocycles. The number of aromatic nitrogens is 4. The molecule has 2 aromatic carbocycles. The molecule has 3 aliphatic heterocycles. The van der Waals surface area contributed by atoms with Crippen LogP contribution >= 0.6 is 0 Å². The fraction of sp³-hybridized carbons (Fsp3) is 0.405. The summed E-state index contributed by atoms with van der Waals surface area (Å²) < 4.78 is 85.0. The van der Waals surface area contributed by atoms with Crippen molar-refractivity contribution in [2.45, 2.75) is 83.5 Å². The molecule has 2 fully saturated rings. The summed E-state index contributed by atoms with van der Waals surface area (Å²) in [5.41, 5.74) is -1.95. The zero-order valence-electron chi connectivity index (χ0n) is 32.9. The molecule has 0 N–H and O–H groups in total. The second-order valence-corrected chi connectivity index (χ2v) is 15.8. The Bertz CT molecular complexity index is 2310. The van der Waals surface area contributed by atoms with E-state index >= 15 is 17.6 Å². The fourth-order valence-corrected chi connectivity index (χ4v) is 8.25. The van der Waals surface area contributed by atoms with Gasteiger partial charge < -0.3 is 28.7 Å². The van der Waals surface area contributed by atoms with Gasteiger partial charge in [0.05, 0.1) is 37.9 Å². The van der Waals surface area contributed by atoms with Crippen LogP contribution in [0, 0.1) is 12.7 Å². The molecule has 3 aliphatic rings. The number of carbonyl (C=O) groups excluding carboxylic acids is 1. The third-order valence-corrected chi connectivity index (χ3v) is 10.8. The van der Waals surface area contributed by atoms with Gasteiger partial charge in [-0.05, 0) is 87.6 Å². The number of fused-ring (bicyclic) bond motifs is 5. The molecule has 12 nitrogen and oxygen atoms in total. The second kappa shape index (κ2) is 14.8. The summed E-state index contributed by atoms with van der Waals surface area (Å²) >= 11 is 0. The molecule has 5 aromatic rings. The standard InChI is InChI=1S/C42H43F4N7O5/c1-23-17-31(51(18-24-7-12-27(55-5)13-8-24)19-25-9-14-28(56-6)15-10-25)49-36(33(23)42(44,45)46)37-34(43)35-32-38(48-22-47-35)52-20-26-11-16-29(30(52)21-57-39(32)50-37)53(26)40(54)58-41(2,3)4/h7-10,12-15,17,22,26,29-30H,11,16,18-21H2,1-6H3/t26-,29+,30-/m1/s1. The van der Waals surface area contributed by atoms with Crippen LogP contribution in [0.3, 0.4) is 0 Å². The summed E-state index contributed by atoms with van der Waals surface area (Å²) in [6, 6.07) is 15.0. The van der Waals surface area contributed by atoms with E-state index in [1.165, 1.54) is 19.3 Å². The first-order valence-corrected chi connectivity index (χ1v) is 19.0. The Labute approximate surface area is 332 Å². The van der Waals surface area contributed by atoms with Crippen molar-refractivity contribution >= 4 is 28.6 Å². The van der Waals surface area contributed by atoms with Gasteiger partial charge in [-0.2, -0.15) is 13.2 Å². The summed E-state index contributed by atoms with van der Waals surface area (Å²) in [7, 11) is 3.12. The highest BCUT2D eigenvalue weighted by atomic mass is 19.4. The topological polar surface area (TPSA) is 115 Å². The van der Waals surface area contributed by atoms with Crippen LogP contribution in [0.5, 0.6) is 17.4 Å². The highest BCUT2D eigenvalue weighted by Crippen LogP contribution is 2.46. The number of pyridine rings is 2. The molecule has 58 heavy (non-hydrogen) atoms. The van der Waals surface area contributed by atoms with Crippen LogP contribution in [-0.2, 0) is 24.0 Å². The number of methoxy groups -OCH3 is 2. The van der Waals surface area contributed by atoms with Crippen molar-refractivity contribution in [1.82, 2.24) is 24.8 Å². The Balaban J connectivity index is 1.23. The van der Waals surface area contributed by atoms with Crippen LogP contribution in [0.2, 0.25) is 0 Å². The minimum Gasteiger partial charge on any atom is -0.497 e. The summed E-state index contributed by atoms with van der Waals surface area (Å²) in [6.45, 7) is 7.58. The van der Waals surface area contributed by atoms with Gasteiger partial charge in [0.1, 0.15) is 64.0 Å². The van der Waals surface area contributed by atoms with Crippen molar-refractivity contribution in [3.8, 4) is 28.8 Å². The Morgan fingerprint density at radius 3 is 2.12 bits per heavy atom. The van der Waals surface area contributed by atoms with Crippen LogP contribution in [-0.4, -0.2) is 82.0 Å². The first-order chi connectivity index (χ1) is 27.6. The van der Waals surface area contributed by atoms with Crippen molar-refractivity contribution in [2.24, 2.45) is 0 Å². The van der Waals surface area contributed by atoms with Crippen LogP contribution < -0.4 is 24.0 Å². The van der Waals surface area contributed by atoms with Crippen molar-refractivity contribution in [3.05, 3.63) is 89.0 Å². The van der Waals surface area contributed by atoms with Gasteiger partial charge in [0.2, 0.25) is 5.88 Å². The quantitative estimate of drug-likeness (QED) is 0.142. The highest BCUT2D eigenvalue weighted by molar-refractivity contribution is 5.97. The number of amides is 1. The van der Waals surface area contributed by atoms with E-state index in [0.29, 0.717) is 30.3 Å². The third kappa shape index (κ3) is 7.24. The number of rotatable bonds is 8. The minimum atomic E-state index is -4.93. The van der Waals surface area contributed by atoms with Gasteiger partial charge in [-0.1, -0.05) is 24.3 Å². The number of ether oxygens (including phenoxy) is 4. The summed E-state index contributed by atoms with van der Waals surface area (Å²) in [5.74, 6) is 0.576. The lowest BCUT2D eigenvalue weighted by Crippen LogP contribution is -2.63. The van der Waals surface area contributed by atoms with E-state index in [4.69, 9.17) is 18.9 Å². The number of hydrogen-bond acceptors (Lipinski definition) is 11. The monoisotopic (exact) mass is 801 g/mol. The Kier molecular flexibility index (Phi) is 9.92. The molecule has 8 rings (SSSR count). The molecule has 3 atom stereocenters. The SMILES string of the molecule is COc1ccc(CN(Cc2ccc(OC)cc2)c2cc(C)c(C(F)(F)F)c(-c3nc4c5c(ncnc5c3F)N3C[C@H]5CC[C@@H]([C@H]3CO4)N5C(=O)OC(C)(C)C)n2)cc1. The number of halogens is 4. The van der Waals surface area contributed by atoms with Gasteiger partial charge in [-0.25, -0.2) is 29.1 Å². The lowest BCUT2D eigenvalue weighted by Gasteiger charge is -2.46. The molecular weight excluding hydrogens is 758 g/mol. The highest BCUT2D eigenvalue weighted by Gasteiger charge is 2.52. The molecule has 3 aromatic heterocycles. The minimum absolute atomic E-state index is 0.00363. The Hall–Kier alpha value is -5.93. The summed E-state index contributed by atoms with van der Waals surface area (Å²) in [4.78, 5) is 36.8. The van der Waals surface area contributed by atoms with Crippen molar-refractivity contribution in [1.29, 1.82) is 0 Å². The Morgan fingerprint density at radius 1 is 0.897 bits per heavy atom. The van der Waals surface area contributed by atoms with Crippen molar-refractivity contribution in [3.63, 3.8) is 0 Å². The lowest BCUT2D eigenvalue weighted by molar-refractivity contribution is -0.137. The van der Waals surface area contributed by atoms with Gasteiger partial charge in [-0.15, -0.1) is 0 Å². The van der Waals surface area contributed by atoms with E-state index in [1.54, 1.807) is 64.2 Å². The fourth-order valence-electron chi connectivity index (χ4n) is 8.25. The zero-order chi connectivity index (χ0) is 41.1. The number of anilines is 2. The van der Waals surface area contributed by atoms with E-state index in [0.717, 1.165) is 17.5 Å². The number of benzene rings is 2. The number of nitrogens with zero attached hydrogens (tertiary/aromatic N) is 7. The molecule has 304 valence electrons. The smallest absolute Gasteiger partial charge is 0.418 e. The summed E-state index contributed by atoms with van der Waals surface area (Å²) in [6.07, 6.45) is -2.79. The van der Waals surface area contributed by atoms with Gasteiger partial charge in [0, 0.05) is 19.6 Å². The molecule has 1 amide bonds. The van der Waals surface area contributed by atoms with E-state index in [-0.39, 0.29) is 59.9 Å². The first-order valence-electron chi connectivity index (χ1n) is 19.0. The summed E-state index contributed by atoms with van der Waals surface area (Å²) in [5, 5.41) is 0.137. The number of aryl methyl sites for hydroxylation is 1. The molecule has 0 unspecified atom stereocenters. The first kappa shape index (κ1) is 38.9. The molecule has 0 saturated carbocycles. The van der Waals surface area contributed by atoms with Gasteiger partial charge in [-0.3, -0.25) is 4.90 Å².